The van der Waals surface area contributed by atoms with Crippen molar-refractivity contribution in [2.45, 2.75) is 37.6 Å². The average Bonchev–Trinajstić information content (AvgIpc) is 3.47. The molecule has 0 unspecified atom stereocenters. The molecule has 1 saturated heterocycles. The molecular formula is C31H34F3N5O5S2. The number of primary sulfonamides is 1. The quantitative estimate of drug-likeness (QED) is 0.196. The molecule has 5 rings (SSSR count). The number of aromatic nitrogens is 1. The van der Waals surface area contributed by atoms with Crippen LogP contribution in [0.25, 0.3) is 11.3 Å². The number of carbonyl (C=O) groups is 1. The standard InChI is InChI=1S/C29H33N5O3S2.C2HF3O2/c1-21(2)37-28-13-12-25(39(30,35)36)18-26(28)31-29-32-27(20-38-29)23-8-10-24(11-9-23)34-16-14-33(15-17-34)19-22-6-4-3-5-7-22;3-2(4,5)1(6)7/h3-13,18,20-21H,14-17,19H2,1-2H3,(H,31,32)(H2,30,35,36);(H,6,7). The summed E-state index contributed by atoms with van der Waals surface area (Å²) in [7, 11) is -3.85. The van der Waals surface area contributed by atoms with Gasteiger partial charge in [-0.2, -0.15) is 13.2 Å². The lowest BCUT2D eigenvalue weighted by Crippen LogP contribution is -2.45. The number of nitrogens with one attached hydrogen (secondary N) is 1. The molecule has 2 heterocycles. The molecule has 1 aromatic heterocycles. The third kappa shape index (κ3) is 9.91. The van der Waals surface area contributed by atoms with Crippen molar-refractivity contribution < 1.29 is 36.2 Å². The van der Waals surface area contributed by atoms with Gasteiger partial charge in [-0.1, -0.05) is 42.5 Å². The molecule has 4 aromatic rings. The maximum atomic E-state index is 11.9. The van der Waals surface area contributed by atoms with Crippen LogP contribution in [0.15, 0.2) is 83.1 Å². The number of carboxylic acid groups (broad SMARTS) is 1. The molecule has 1 aliphatic heterocycles. The number of aliphatic carboxylic acids is 1. The number of nitrogens with zero attached hydrogens (tertiary/aromatic N) is 3. The summed E-state index contributed by atoms with van der Waals surface area (Å²) < 4.78 is 61.4. The number of piperazine rings is 1. The third-order valence-corrected chi connectivity index (χ3v) is 8.45. The number of carboxylic acids is 1. The first-order valence-electron chi connectivity index (χ1n) is 14.2. The molecule has 15 heteroatoms. The van der Waals surface area contributed by atoms with Crippen molar-refractivity contribution in [1.29, 1.82) is 0 Å². The molecule has 1 aliphatic rings. The summed E-state index contributed by atoms with van der Waals surface area (Å²) in [5.74, 6) is -2.23. The van der Waals surface area contributed by atoms with Gasteiger partial charge in [-0.25, -0.2) is 23.3 Å². The number of hydrogen-bond donors (Lipinski definition) is 3. The summed E-state index contributed by atoms with van der Waals surface area (Å²) in [6, 6.07) is 23.6. The second-order valence-corrected chi connectivity index (χ2v) is 13.1. The Morgan fingerprint density at radius 2 is 1.67 bits per heavy atom. The predicted octanol–water partition coefficient (Wildman–Crippen LogP) is 5.94. The van der Waals surface area contributed by atoms with Gasteiger partial charge in [0.1, 0.15) is 5.75 Å². The van der Waals surface area contributed by atoms with E-state index < -0.39 is 22.2 Å². The van der Waals surface area contributed by atoms with Crippen LogP contribution in [0.4, 0.5) is 29.7 Å². The van der Waals surface area contributed by atoms with E-state index in [0.29, 0.717) is 16.6 Å². The molecule has 1 fully saturated rings. The van der Waals surface area contributed by atoms with Crippen LogP contribution in [0.3, 0.4) is 0 Å². The number of sulfonamides is 1. The number of thiazole rings is 1. The van der Waals surface area contributed by atoms with E-state index in [1.165, 1.54) is 34.7 Å². The molecule has 0 atom stereocenters. The Labute approximate surface area is 269 Å². The van der Waals surface area contributed by atoms with Crippen molar-refractivity contribution in [2.24, 2.45) is 5.14 Å². The van der Waals surface area contributed by atoms with Crippen LogP contribution in [-0.4, -0.2) is 67.8 Å². The second kappa shape index (κ2) is 14.9. The number of benzene rings is 3. The number of anilines is 3. The lowest BCUT2D eigenvalue weighted by molar-refractivity contribution is -0.192. The number of nitrogens with two attached hydrogens (primary N) is 1. The highest BCUT2D eigenvalue weighted by Gasteiger charge is 2.38. The number of alkyl halides is 3. The largest absolute Gasteiger partial charge is 0.490 e. The molecule has 10 nitrogen and oxygen atoms in total. The van der Waals surface area contributed by atoms with E-state index in [1.807, 2.05) is 19.2 Å². The first-order valence-corrected chi connectivity index (χ1v) is 16.6. The van der Waals surface area contributed by atoms with E-state index in [0.717, 1.165) is 44.0 Å². The van der Waals surface area contributed by atoms with Gasteiger partial charge in [-0.15, -0.1) is 11.3 Å². The molecule has 0 amide bonds. The summed E-state index contributed by atoms with van der Waals surface area (Å²) in [6.07, 6.45) is -5.16. The third-order valence-electron chi connectivity index (χ3n) is 6.78. The lowest BCUT2D eigenvalue weighted by atomic mass is 10.1. The van der Waals surface area contributed by atoms with Crippen molar-refractivity contribution in [1.82, 2.24) is 9.88 Å². The highest BCUT2D eigenvalue weighted by Crippen LogP contribution is 2.34. The van der Waals surface area contributed by atoms with Crippen molar-refractivity contribution in [2.75, 3.05) is 36.4 Å². The van der Waals surface area contributed by atoms with Crippen molar-refractivity contribution in [3.05, 3.63) is 83.7 Å². The Bertz CT molecular complexity index is 1710. The number of rotatable bonds is 9. The van der Waals surface area contributed by atoms with Gasteiger partial charge in [0.25, 0.3) is 0 Å². The van der Waals surface area contributed by atoms with Gasteiger partial charge in [-0.3, -0.25) is 4.90 Å². The SMILES string of the molecule is CC(C)Oc1ccc(S(N)(=O)=O)cc1Nc1nc(-c2ccc(N3CCN(Cc4ccccc4)CC3)cc2)cs1.O=C(O)C(F)(F)F. The molecule has 4 N–H and O–H groups in total. The van der Waals surface area contributed by atoms with E-state index in [2.05, 4.69) is 69.7 Å². The van der Waals surface area contributed by atoms with Crippen LogP contribution in [0.5, 0.6) is 5.75 Å². The first kappa shape index (κ1) is 34.7. The van der Waals surface area contributed by atoms with Gasteiger partial charge in [0, 0.05) is 49.4 Å². The van der Waals surface area contributed by atoms with Gasteiger partial charge in [0.2, 0.25) is 10.0 Å². The lowest BCUT2D eigenvalue weighted by Gasteiger charge is -2.36. The molecule has 0 aliphatic carbocycles. The minimum atomic E-state index is -5.08. The Morgan fingerprint density at radius 1 is 1.04 bits per heavy atom. The molecule has 246 valence electrons. The number of ether oxygens (including phenoxy) is 1. The molecule has 0 bridgehead atoms. The molecule has 46 heavy (non-hydrogen) atoms. The van der Waals surface area contributed by atoms with Crippen molar-refractivity contribution in [3.8, 4) is 17.0 Å². The van der Waals surface area contributed by atoms with E-state index >= 15 is 0 Å². The Balaban J connectivity index is 0.000000617. The molecule has 0 spiro atoms. The molecule has 3 aromatic carbocycles. The van der Waals surface area contributed by atoms with Crippen LogP contribution < -0.4 is 20.1 Å². The molecular weight excluding hydrogens is 643 g/mol. The zero-order valence-corrected chi connectivity index (χ0v) is 26.7. The summed E-state index contributed by atoms with van der Waals surface area (Å²) in [5.41, 5.74) is 4.92. The summed E-state index contributed by atoms with van der Waals surface area (Å²) in [4.78, 5) is 18.6. The van der Waals surface area contributed by atoms with E-state index in [-0.39, 0.29) is 11.0 Å². The second-order valence-electron chi connectivity index (χ2n) is 10.6. The predicted molar refractivity (Wildman–Crippen MR) is 172 cm³/mol. The van der Waals surface area contributed by atoms with Gasteiger partial charge < -0.3 is 20.1 Å². The fourth-order valence-corrected chi connectivity index (χ4v) is 5.84. The Morgan fingerprint density at radius 3 is 2.24 bits per heavy atom. The van der Waals surface area contributed by atoms with Crippen LogP contribution in [0.2, 0.25) is 0 Å². The van der Waals surface area contributed by atoms with Gasteiger partial charge in [-0.05, 0) is 49.7 Å². The van der Waals surface area contributed by atoms with Gasteiger partial charge in [0.05, 0.1) is 22.4 Å². The van der Waals surface area contributed by atoms with E-state index in [1.54, 1.807) is 6.07 Å². The van der Waals surface area contributed by atoms with Crippen LogP contribution in [0.1, 0.15) is 19.4 Å². The Hall–Kier alpha value is -4.18. The zero-order valence-electron chi connectivity index (χ0n) is 25.1. The minimum Gasteiger partial charge on any atom is -0.489 e. The Kier molecular flexibility index (Phi) is 11.3. The van der Waals surface area contributed by atoms with Crippen molar-refractivity contribution in [3.63, 3.8) is 0 Å². The highest BCUT2D eigenvalue weighted by molar-refractivity contribution is 7.89. The normalized spacial score (nSPS) is 14.0. The fourth-order valence-electron chi connectivity index (χ4n) is 4.57. The number of hydrogen-bond acceptors (Lipinski definition) is 9. The monoisotopic (exact) mass is 677 g/mol. The first-order chi connectivity index (χ1) is 21.7. The topological polar surface area (TPSA) is 138 Å². The van der Waals surface area contributed by atoms with Gasteiger partial charge >= 0.3 is 12.1 Å². The van der Waals surface area contributed by atoms with E-state index in [4.69, 9.17) is 24.8 Å². The smallest absolute Gasteiger partial charge is 0.489 e. The van der Waals surface area contributed by atoms with Crippen LogP contribution >= 0.6 is 11.3 Å². The summed E-state index contributed by atoms with van der Waals surface area (Å²) in [6.45, 7) is 8.87. The maximum Gasteiger partial charge on any atom is 0.490 e. The van der Waals surface area contributed by atoms with Crippen LogP contribution in [0, 0.1) is 0 Å². The maximum absolute atomic E-state index is 11.9. The zero-order chi connectivity index (χ0) is 33.5. The number of halogens is 3. The summed E-state index contributed by atoms with van der Waals surface area (Å²) in [5, 5.41) is 18.3. The minimum absolute atomic E-state index is 0.00868. The fraction of sp³-hybridized carbons (Fsp3) is 0.290. The van der Waals surface area contributed by atoms with Crippen molar-refractivity contribution >= 4 is 43.8 Å². The van der Waals surface area contributed by atoms with E-state index in [9.17, 15) is 21.6 Å². The average molecular weight is 678 g/mol. The summed E-state index contributed by atoms with van der Waals surface area (Å²) >= 11 is 1.44. The van der Waals surface area contributed by atoms with Crippen LogP contribution in [-0.2, 0) is 21.4 Å². The molecule has 0 saturated carbocycles. The molecule has 0 radical (unpaired) electrons. The van der Waals surface area contributed by atoms with Gasteiger partial charge in [0.15, 0.2) is 5.13 Å². The highest BCUT2D eigenvalue weighted by atomic mass is 32.2.